The second-order valence-corrected chi connectivity index (χ2v) is 10.5. The highest BCUT2D eigenvalue weighted by atomic mass is 19.1. The molecule has 3 heterocycles. The van der Waals surface area contributed by atoms with Crippen LogP contribution in [0, 0.1) is 23.1 Å². The summed E-state index contributed by atoms with van der Waals surface area (Å²) in [5, 5.41) is 13.9. The monoisotopic (exact) mass is 513 g/mol. The number of likely N-dealkylation sites (tertiary alicyclic amines) is 1. The van der Waals surface area contributed by atoms with Crippen LogP contribution >= 0.6 is 0 Å². The zero-order valence-corrected chi connectivity index (χ0v) is 21.4. The van der Waals surface area contributed by atoms with Crippen molar-refractivity contribution in [3.63, 3.8) is 0 Å². The maximum atomic E-state index is 15.0. The van der Waals surface area contributed by atoms with Crippen LogP contribution in [0.15, 0.2) is 54.9 Å². The van der Waals surface area contributed by atoms with Crippen molar-refractivity contribution < 1.29 is 18.8 Å². The minimum Gasteiger partial charge on any atom is -0.330 e. The third kappa shape index (κ3) is 3.97. The van der Waals surface area contributed by atoms with Crippen LogP contribution in [-0.2, 0) is 15.0 Å². The molecule has 0 unspecified atom stereocenters. The summed E-state index contributed by atoms with van der Waals surface area (Å²) in [5.41, 5.74) is 0.245. The first-order valence-corrected chi connectivity index (χ1v) is 12.6. The molecule has 0 bridgehead atoms. The van der Waals surface area contributed by atoms with Crippen molar-refractivity contribution in [3.05, 3.63) is 71.8 Å². The number of nitrogens with one attached hydrogen (secondary N) is 1. The fourth-order valence-corrected chi connectivity index (χ4v) is 5.72. The Balaban J connectivity index is 1.50. The summed E-state index contributed by atoms with van der Waals surface area (Å²) in [6.45, 7) is 3.87. The van der Waals surface area contributed by atoms with Gasteiger partial charge >= 0.3 is 0 Å². The lowest BCUT2D eigenvalue weighted by molar-refractivity contribution is -0.136. The van der Waals surface area contributed by atoms with Gasteiger partial charge in [-0.05, 0) is 41.5 Å². The molecule has 1 N–H and O–H groups in total. The summed E-state index contributed by atoms with van der Waals surface area (Å²) in [5.74, 6) is -2.01. The van der Waals surface area contributed by atoms with Crippen LogP contribution < -0.4 is 5.32 Å². The van der Waals surface area contributed by atoms with Gasteiger partial charge in [-0.15, -0.1) is 0 Å². The first kappa shape index (κ1) is 25.3. The number of likely N-dealkylation sites (N-methyl/N-ethyl adjacent to an activating group) is 1. The molecule has 1 fully saturated rings. The van der Waals surface area contributed by atoms with Gasteiger partial charge in [0.1, 0.15) is 17.9 Å². The summed E-state index contributed by atoms with van der Waals surface area (Å²) in [6.07, 6.45) is 3.46. The quantitative estimate of drug-likeness (QED) is 0.557. The van der Waals surface area contributed by atoms with Crippen molar-refractivity contribution in [2.75, 3.05) is 18.9 Å². The normalized spacial score (nSPS) is 20.9. The van der Waals surface area contributed by atoms with E-state index in [0.717, 1.165) is 5.56 Å². The van der Waals surface area contributed by atoms with E-state index in [1.807, 2.05) is 32.0 Å². The molecule has 2 aromatic carbocycles. The van der Waals surface area contributed by atoms with Gasteiger partial charge in [-0.25, -0.2) is 4.39 Å². The average molecular weight is 514 g/mol. The molecule has 38 heavy (non-hydrogen) atoms. The lowest BCUT2D eigenvalue weighted by Crippen LogP contribution is -2.52. The number of carbonyl (C=O) groups excluding carboxylic acids is 3. The molecule has 3 atom stereocenters. The molecule has 3 amide bonds. The van der Waals surface area contributed by atoms with Crippen LogP contribution in [0.1, 0.15) is 42.6 Å². The van der Waals surface area contributed by atoms with Gasteiger partial charge in [0.05, 0.1) is 17.0 Å². The number of rotatable bonds is 5. The van der Waals surface area contributed by atoms with Gasteiger partial charge in [0.15, 0.2) is 0 Å². The van der Waals surface area contributed by atoms with Crippen LogP contribution in [0.5, 0.6) is 0 Å². The number of anilines is 1. The van der Waals surface area contributed by atoms with Gasteiger partial charge in [0, 0.05) is 43.5 Å². The Morgan fingerprint density at radius 3 is 2.76 bits per heavy atom. The number of hydrogen-bond donors (Lipinski definition) is 1. The van der Waals surface area contributed by atoms with E-state index in [1.165, 1.54) is 29.1 Å². The number of halogens is 1. The molecule has 0 radical (unpaired) electrons. The number of nitriles is 1. The molecule has 0 saturated carbocycles. The molecule has 9 heteroatoms. The largest absolute Gasteiger partial charge is 0.330 e. The lowest BCUT2D eigenvalue weighted by atomic mass is 9.80. The van der Waals surface area contributed by atoms with Crippen molar-refractivity contribution in [2.24, 2.45) is 5.92 Å². The SMILES string of the molecule is CC(C)C[C@@H](C(=O)N1C[C@]2(C[C@H]1C#N)C(=O)Nc1ccccc12)N(C)C(=O)c1c(F)ccc2ccncc12. The Hall–Kier alpha value is -4.32. The Morgan fingerprint density at radius 2 is 2.03 bits per heavy atom. The second-order valence-electron chi connectivity index (χ2n) is 10.5. The Morgan fingerprint density at radius 1 is 1.26 bits per heavy atom. The van der Waals surface area contributed by atoms with Gasteiger partial charge in [0.25, 0.3) is 5.91 Å². The standard InChI is InChI=1S/C29H28FN5O3/c1-17(2)12-24(34(3)27(37)25-20-15-32-11-10-18(20)8-9-22(25)30)26(36)35-16-29(13-19(35)14-31)21-6-4-5-7-23(21)33-28(29)38/h4-11,15,17,19,24H,12-13,16H2,1-3H3,(H,33,38)/t19-,24-,29-/m0/s1. The summed E-state index contributed by atoms with van der Waals surface area (Å²) in [4.78, 5) is 47.6. The predicted molar refractivity (Wildman–Crippen MR) is 140 cm³/mol. The number of pyridine rings is 1. The molecule has 2 aliphatic rings. The highest BCUT2D eigenvalue weighted by Gasteiger charge is 2.56. The minimum absolute atomic E-state index is 0.0193. The predicted octanol–water partition coefficient (Wildman–Crippen LogP) is 3.88. The van der Waals surface area contributed by atoms with E-state index >= 15 is 4.39 Å². The highest BCUT2D eigenvalue weighted by Crippen LogP contribution is 2.46. The molecule has 1 saturated heterocycles. The number of benzene rings is 2. The summed E-state index contributed by atoms with van der Waals surface area (Å²) in [6, 6.07) is 12.2. The van der Waals surface area contributed by atoms with Gasteiger partial charge in [-0.3, -0.25) is 19.4 Å². The van der Waals surface area contributed by atoms with Crippen LogP contribution in [0.3, 0.4) is 0 Å². The lowest BCUT2D eigenvalue weighted by Gasteiger charge is -2.33. The molecular formula is C29H28FN5O3. The number of carbonyl (C=O) groups is 3. The Kier molecular flexibility index (Phi) is 6.35. The summed E-state index contributed by atoms with van der Waals surface area (Å²) in [7, 11) is 1.48. The number of amides is 3. The fourth-order valence-electron chi connectivity index (χ4n) is 5.72. The van der Waals surface area contributed by atoms with Crippen LogP contribution in [0.25, 0.3) is 10.8 Å². The van der Waals surface area contributed by atoms with Crippen LogP contribution in [0.2, 0.25) is 0 Å². The zero-order chi connectivity index (χ0) is 27.2. The first-order valence-electron chi connectivity index (χ1n) is 12.6. The van der Waals surface area contributed by atoms with Crippen molar-refractivity contribution in [1.82, 2.24) is 14.8 Å². The molecule has 1 spiro atoms. The van der Waals surface area contributed by atoms with Crippen LogP contribution in [0.4, 0.5) is 10.1 Å². The van der Waals surface area contributed by atoms with Gasteiger partial charge < -0.3 is 15.1 Å². The summed E-state index contributed by atoms with van der Waals surface area (Å²) < 4.78 is 15.0. The molecule has 2 aliphatic heterocycles. The average Bonchev–Trinajstić information content (AvgIpc) is 3.44. The Labute approximate surface area is 220 Å². The second kappa shape index (κ2) is 9.53. The third-order valence-electron chi connectivity index (χ3n) is 7.67. The van der Waals surface area contributed by atoms with Crippen molar-refractivity contribution >= 4 is 34.2 Å². The number of aromatic nitrogens is 1. The molecular weight excluding hydrogens is 485 g/mol. The van der Waals surface area contributed by atoms with E-state index in [2.05, 4.69) is 16.4 Å². The fraction of sp³-hybridized carbons (Fsp3) is 0.345. The van der Waals surface area contributed by atoms with Gasteiger partial charge in [-0.1, -0.05) is 38.1 Å². The number of para-hydroxylation sites is 1. The zero-order valence-electron chi connectivity index (χ0n) is 21.4. The highest BCUT2D eigenvalue weighted by molar-refractivity contribution is 6.09. The van der Waals surface area contributed by atoms with Crippen molar-refractivity contribution in [1.29, 1.82) is 5.26 Å². The van der Waals surface area contributed by atoms with Crippen molar-refractivity contribution in [2.45, 2.75) is 44.2 Å². The molecule has 194 valence electrons. The topological polar surface area (TPSA) is 106 Å². The van der Waals surface area contributed by atoms with E-state index in [9.17, 15) is 19.6 Å². The van der Waals surface area contributed by atoms with Crippen LogP contribution in [-0.4, -0.2) is 58.2 Å². The van der Waals surface area contributed by atoms with E-state index in [1.54, 1.807) is 24.4 Å². The van der Waals surface area contributed by atoms with Gasteiger partial charge in [0.2, 0.25) is 11.8 Å². The smallest absolute Gasteiger partial charge is 0.257 e. The number of nitrogens with zero attached hydrogens (tertiary/aromatic N) is 4. The number of fused-ring (bicyclic) bond motifs is 3. The van der Waals surface area contributed by atoms with E-state index in [-0.39, 0.29) is 30.4 Å². The Bertz CT molecular complexity index is 1500. The molecule has 0 aliphatic carbocycles. The molecule has 8 nitrogen and oxygen atoms in total. The van der Waals surface area contributed by atoms with Gasteiger partial charge in [-0.2, -0.15) is 5.26 Å². The molecule has 1 aromatic heterocycles. The van der Waals surface area contributed by atoms with E-state index in [0.29, 0.717) is 22.9 Å². The van der Waals surface area contributed by atoms with Crippen molar-refractivity contribution in [3.8, 4) is 6.07 Å². The maximum absolute atomic E-state index is 15.0. The molecule has 5 rings (SSSR count). The van der Waals surface area contributed by atoms with E-state index < -0.39 is 35.1 Å². The summed E-state index contributed by atoms with van der Waals surface area (Å²) >= 11 is 0. The first-order chi connectivity index (χ1) is 18.2. The maximum Gasteiger partial charge on any atom is 0.257 e. The van der Waals surface area contributed by atoms with E-state index in [4.69, 9.17) is 0 Å². The number of hydrogen-bond acceptors (Lipinski definition) is 5. The minimum atomic E-state index is -1.04. The molecule has 3 aromatic rings. The third-order valence-corrected chi connectivity index (χ3v) is 7.67.